The molecule has 4 aromatic rings. The highest BCUT2D eigenvalue weighted by atomic mass is 19.1. The van der Waals surface area contributed by atoms with Crippen molar-refractivity contribution in [2.24, 2.45) is 5.41 Å². The van der Waals surface area contributed by atoms with E-state index in [1.807, 2.05) is 12.1 Å². The van der Waals surface area contributed by atoms with Crippen LogP contribution in [0.1, 0.15) is 72.0 Å². The third-order valence-electron chi connectivity index (χ3n) is 9.02. The molecule has 3 fully saturated rings. The van der Waals surface area contributed by atoms with Gasteiger partial charge < -0.3 is 23.9 Å². The molecule has 3 heterocycles. The summed E-state index contributed by atoms with van der Waals surface area (Å²) in [6.45, 7) is 1.42. The summed E-state index contributed by atoms with van der Waals surface area (Å²) in [6, 6.07) is 12.8. The number of aromatic nitrogens is 4. The van der Waals surface area contributed by atoms with Crippen LogP contribution in [0.5, 0.6) is 11.6 Å². The fourth-order valence-electron chi connectivity index (χ4n) is 6.43. The Morgan fingerprint density at radius 2 is 2.00 bits per heavy atom. The first-order valence-electron chi connectivity index (χ1n) is 14.6. The van der Waals surface area contributed by atoms with E-state index in [2.05, 4.69) is 14.5 Å². The van der Waals surface area contributed by atoms with Crippen molar-refractivity contribution in [3.63, 3.8) is 0 Å². The molecule has 2 aromatic carbocycles. The molecule has 2 unspecified atom stereocenters. The van der Waals surface area contributed by atoms with Gasteiger partial charge in [-0.05, 0) is 80.3 Å². The molecule has 1 saturated heterocycles. The van der Waals surface area contributed by atoms with Gasteiger partial charge in [-0.1, -0.05) is 0 Å². The Balaban J connectivity index is 0.996. The zero-order chi connectivity index (χ0) is 29.6. The van der Waals surface area contributed by atoms with Crippen molar-refractivity contribution < 1.29 is 28.5 Å². The summed E-state index contributed by atoms with van der Waals surface area (Å²) in [5.74, 6) is 0.654. The number of halogens is 1. The zero-order valence-corrected chi connectivity index (χ0v) is 23.4. The van der Waals surface area contributed by atoms with Gasteiger partial charge in [-0.25, -0.2) is 19.2 Å². The van der Waals surface area contributed by atoms with Gasteiger partial charge in [-0.2, -0.15) is 10.2 Å². The minimum atomic E-state index is -0.944. The quantitative estimate of drug-likeness (QED) is 0.275. The topological polar surface area (TPSA) is 132 Å². The van der Waals surface area contributed by atoms with Crippen LogP contribution >= 0.6 is 0 Å². The number of nitrogens with zero attached hydrogens (tertiary/aromatic N) is 5. The number of rotatable bonds is 9. The number of imidazole rings is 1. The van der Waals surface area contributed by atoms with Gasteiger partial charge in [0, 0.05) is 24.8 Å². The van der Waals surface area contributed by atoms with E-state index in [1.54, 1.807) is 24.4 Å². The molecular weight excluding hydrogens is 553 g/mol. The Bertz CT molecular complexity index is 1740. The largest absolute Gasteiger partial charge is 0.483 e. The van der Waals surface area contributed by atoms with Gasteiger partial charge in [0.1, 0.15) is 18.5 Å². The molecule has 3 aliphatic rings. The van der Waals surface area contributed by atoms with Crippen molar-refractivity contribution in [2.75, 3.05) is 6.61 Å². The maximum atomic E-state index is 14.2. The van der Waals surface area contributed by atoms with Gasteiger partial charge in [0.05, 0.1) is 40.9 Å². The maximum Gasteiger partial charge on any atom is 0.335 e. The second kappa shape index (κ2) is 10.9. The highest BCUT2D eigenvalue weighted by Crippen LogP contribution is 2.66. The van der Waals surface area contributed by atoms with E-state index in [0.717, 1.165) is 68.1 Å². The highest BCUT2D eigenvalue weighted by Gasteiger charge is 2.57. The smallest absolute Gasteiger partial charge is 0.335 e. The molecule has 0 radical (unpaired) electrons. The molecule has 1 aliphatic heterocycles. The molecule has 2 atom stereocenters. The van der Waals surface area contributed by atoms with Crippen molar-refractivity contribution in [2.45, 2.75) is 69.8 Å². The molecule has 220 valence electrons. The highest BCUT2D eigenvalue weighted by molar-refractivity contribution is 5.92. The number of aromatic carboxylic acids is 1. The normalized spacial score (nSPS) is 24.3. The van der Waals surface area contributed by atoms with E-state index in [1.165, 1.54) is 12.1 Å². The predicted octanol–water partition coefficient (Wildman–Crippen LogP) is 5.40. The Hall–Kier alpha value is -4.56. The first-order chi connectivity index (χ1) is 20.9. The lowest BCUT2D eigenvalue weighted by atomic mass is 9.82. The monoisotopic (exact) mass is 583 g/mol. The average molecular weight is 584 g/mol. The number of hydrogen-bond acceptors (Lipinski definition) is 8. The van der Waals surface area contributed by atoms with E-state index < -0.39 is 11.8 Å². The van der Waals surface area contributed by atoms with Crippen LogP contribution in [-0.4, -0.2) is 49.4 Å². The minimum Gasteiger partial charge on any atom is -0.483 e. The van der Waals surface area contributed by atoms with Gasteiger partial charge >= 0.3 is 5.97 Å². The number of carboxylic acids is 1. The summed E-state index contributed by atoms with van der Waals surface area (Å²) in [5, 5.41) is 18.5. The van der Waals surface area contributed by atoms with Crippen molar-refractivity contribution in [3.8, 4) is 17.7 Å². The van der Waals surface area contributed by atoms with Crippen LogP contribution in [0.2, 0.25) is 0 Å². The Labute approximate surface area is 247 Å². The number of carboxylic acid groups (broad SMARTS) is 1. The molecule has 2 aromatic heterocycles. The molecule has 43 heavy (non-hydrogen) atoms. The average Bonchev–Trinajstić information content (AvgIpc) is 3.56. The van der Waals surface area contributed by atoms with Gasteiger partial charge in [0.2, 0.25) is 5.88 Å². The SMILES string of the molecule is N#Cc1ccc(OCc2nccc(OC3CCC4(CC3)CC4c3nc4ccc(C(=O)O)cc4n3CC3CCO3)n2)c(F)c1. The number of carbonyl (C=O) groups is 1. The van der Waals surface area contributed by atoms with Crippen molar-refractivity contribution in [1.82, 2.24) is 19.5 Å². The van der Waals surface area contributed by atoms with Gasteiger partial charge in [0.15, 0.2) is 17.4 Å². The lowest BCUT2D eigenvalue weighted by molar-refractivity contribution is -0.0590. The lowest BCUT2D eigenvalue weighted by Gasteiger charge is -2.30. The summed E-state index contributed by atoms with van der Waals surface area (Å²) in [4.78, 5) is 25.3. The molecular formula is C32H30FN5O5. The molecule has 2 saturated carbocycles. The first kappa shape index (κ1) is 27.3. The van der Waals surface area contributed by atoms with Crippen LogP contribution in [0.25, 0.3) is 11.0 Å². The van der Waals surface area contributed by atoms with Crippen molar-refractivity contribution in [3.05, 3.63) is 77.3 Å². The lowest BCUT2D eigenvalue weighted by Crippen LogP contribution is -2.32. The summed E-state index contributed by atoms with van der Waals surface area (Å²) in [6.07, 6.45) is 7.59. The van der Waals surface area contributed by atoms with Crippen LogP contribution in [-0.2, 0) is 17.9 Å². The fraction of sp³-hybridized carbons (Fsp3) is 0.406. The Morgan fingerprint density at radius 1 is 1.16 bits per heavy atom. The second-order valence-electron chi connectivity index (χ2n) is 11.7. The van der Waals surface area contributed by atoms with Crippen LogP contribution < -0.4 is 9.47 Å². The molecule has 11 heteroatoms. The number of fused-ring (bicyclic) bond motifs is 1. The van der Waals surface area contributed by atoms with E-state index in [0.29, 0.717) is 24.2 Å². The van der Waals surface area contributed by atoms with Crippen LogP contribution in [0.4, 0.5) is 4.39 Å². The van der Waals surface area contributed by atoms with Crippen molar-refractivity contribution in [1.29, 1.82) is 5.26 Å². The third kappa shape index (κ3) is 5.39. The summed E-state index contributed by atoms with van der Waals surface area (Å²) in [5.41, 5.74) is 2.34. The number of hydrogen-bond donors (Lipinski definition) is 1. The number of ether oxygens (including phenoxy) is 3. The third-order valence-corrected chi connectivity index (χ3v) is 9.02. The Kier molecular flexibility index (Phi) is 6.94. The zero-order valence-electron chi connectivity index (χ0n) is 23.4. The fourth-order valence-corrected chi connectivity index (χ4v) is 6.43. The summed E-state index contributed by atoms with van der Waals surface area (Å²) < 4.78 is 33.8. The minimum absolute atomic E-state index is 0.0202. The molecule has 0 bridgehead atoms. The standard InChI is InChI=1S/C32H30FN5O5/c33-24-13-19(16-34)1-4-27(24)42-18-28-35-11-7-29(37-28)43-21-5-9-32(10-6-21)15-23(32)30-36-25-3-2-20(31(39)40)14-26(25)38(30)17-22-8-12-41-22/h1-4,7,11,13-14,21-23H,5-6,8-10,12,15,17-18H2,(H,39,40). The van der Waals surface area contributed by atoms with Crippen LogP contribution in [0.15, 0.2) is 48.7 Å². The predicted molar refractivity (Wildman–Crippen MR) is 151 cm³/mol. The van der Waals surface area contributed by atoms with E-state index >= 15 is 0 Å². The van der Waals surface area contributed by atoms with Crippen molar-refractivity contribution >= 4 is 17.0 Å². The molecule has 1 N–H and O–H groups in total. The number of nitriles is 1. The van der Waals surface area contributed by atoms with Crippen LogP contribution in [0.3, 0.4) is 0 Å². The molecule has 10 nitrogen and oxygen atoms in total. The summed E-state index contributed by atoms with van der Waals surface area (Å²) >= 11 is 0. The van der Waals surface area contributed by atoms with Crippen LogP contribution in [0, 0.1) is 22.6 Å². The second-order valence-corrected chi connectivity index (χ2v) is 11.7. The van der Waals surface area contributed by atoms with Gasteiger partial charge in [0.25, 0.3) is 0 Å². The Morgan fingerprint density at radius 3 is 2.72 bits per heavy atom. The van der Waals surface area contributed by atoms with Gasteiger partial charge in [-0.15, -0.1) is 0 Å². The maximum absolute atomic E-state index is 14.2. The molecule has 1 spiro atoms. The summed E-state index contributed by atoms with van der Waals surface area (Å²) in [7, 11) is 0. The van der Waals surface area contributed by atoms with E-state index in [-0.39, 0.29) is 41.1 Å². The first-order valence-corrected chi connectivity index (χ1v) is 14.6. The van der Waals surface area contributed by atoms with Gasteiger partial charge in [-0.3, -0.25) is 0 Å². The molecule has 2 aliphatic carbocycles. The van der Waals surface area contributed by atoms with E-state index in [9.17, 15) is 14.3 Å². The molecule has 0 amide bonds. The van der Waals surface area contributed by atoms with E-state index in [4.69, 9.17) is 24.5 Å². The molecule has 7 rings (SSSR count). The number of benzene rings is 2.